The summed E-state index contributed by atoms with van der Waals surface area (Å²) in [5.74, 6) is 0.943. The number of pyridine rings is 1. The first-order chi connectivity index (χ1) is 16.6. The van der Waals surface area contributed by atoms with E-state index in [1.165, 1.54) is 42.6 Å². The number of nitrogens with zero attached hydrogens (tertiary/aromatic N) is 3. The van der Waals surface area contributed by atoms with Gasteiger partial charge in [0.2, 0.25) is 0 Å². The van der Waals surface area contributed by atoms with Gasteiger partial charge in [-0.05, 0) is 113 Å². The molecular weight excluding hydrogens is 440 g/mol. The molecule has 1 saturated heterocycles. The molecule has 6 heteroatoms. The fraction of sp³-hybridized carbons (Fsp3) is 0.429. The topological polar surface area (TPSA) is 42.3 Å². The fourth-order valence-electron chi connectivity index (χ4n) is 5.83. The highest BCUT2D eigenvalue weighted by Crippen LogP contribution is 2.46. The number of ether oxygens (including phenoxy) is 1. The van der Waals surface area contributed by atoms with E-state index >= 15 is 0 Å². The second-order valence-corrected chi connectivity index (χ2v) is 10.3. The number of aryl methyl sites for hydroxylation is 1. The second-order valence-electron chi connectivity index (χ2n) is 9.94. The van der Waals surface area contributed by atoms with E-state index in [1.807, 2.05) is 12.3 Å². The highest BCUT2D eigenvalue weighted by Gasteiger charge is 2.43. The van der Waals surface area contributed by atoms with Crippen molar-refractivity contribution in [1.82, 2.24) is 14.9 Å². The predicted molar refractivity (Wildman–Crippen MR) is 139 cm³/mol. The van der Waals surface area contributed by atoms with Crippen molar-refractivity contribution in [2.24, 2.45) is 0 Å². The molecule has 34 heavy (non-hydrogen) atoms. The molecule has 0 spiro atoms. The van der Waals surface area contributed by atoms with Crippen LogP contribution in [0.4, 0.5) is 5.69 Å². The largest absolute Gasteiger partial charge is 0.490 e. The van der Waals surface area contributed by atoms with Gasteiger partial charge >= 0.3 is 0 Å². The van der Waals surface area contributed by atoms with Gasteiger partial charge in [0, 0.05) is 29.3 Å². The molecule has 1 N–H and O–H groups in total. The Morgan fingerprint density at radius 1 is 1.00 bits per heavy atom. The van der Waals surface area contributed by atoms with Crippen molar-refractivity contribution >= 4 is 23.0 Å². The maximum Gasteiger partial charge on any atom is 0.174 e. The van der Waals surface area contributed by atoms with Crippen LogP contribution >= 0.6 is 12.2 Å². The Hall–Kier alpha value is -2.86. The molecular formula is C28H32N4OS. The van der Waals surface area contributed by atoms with Crippen molar-refractivity contribution in [3.8, 4) is 5.75 Å². The van der Waals surface area contributed by atoms with E-state index in [0.717, 1.165) is 35.1 Å². The van der Waals surface area contributed by atoms with Gasteiger partial charge in [-0.25, -0.2) is 0 Å². The van der Waals surface area contributed by atoms with Crippen molar-refractivity contribution in [3.05, 3.63) is 77.4 Å². The maximum absolute atomic E-state index is 6.21. The van der Waals surface area contributed by atoms with Gasteiger partial charge < -0.3 is 19.5 Å². The first-order valence-electron chi connectivity index (χ1n) is 12.6. The molecule has 3 aromatic rings. The zero-order chi connectivity index (χ0) is 23.2. The van der Waals surface area contributed by atoms with E-state index in [0.29, 0.717) is 12.1 Å². The minimum atomic E-state index is -0.0173. The summed E-state index contributed by atoms with van der Waals surface area (Å²) in [7, 11) is 0. The average Bonchev–Trinajstić information content (AvgIpc) is 3.30. The van der Waals surface area contributed by atoms with Gasteiger partial charge in [-0.2, -0.15) is 0 Å². The van der Waals surface area contributed by atoms with Gasteiger partial charge in [-0.15, -0.1) is 0 Å². The van der Waals surface area contributed by atoms with Crippen LogP contribution in [0.25, 0.3) is 0 Å². The molecule has 176 valence electrons. The van der Waals surface area contributed by atoms with Gasteiger partial charge in [0.25, 0.3) is 0 Å². The Balaban J connectivity index is 1.38. The van der Waals surface area contributed by atoms with Crippen LogP contribution in [0, 0.1) is 13.8 Å². The molecule has 0 radical (unpaired) electrons. The van der Waals surface area contributed by atoms with Crippen LogP contribution in [0.1, 0.15) is 79.3 Å². The average molecular weight is 473 g/mol. The van der Waals surface area contributed by atoms with Crippen LogP contribution in [-0.2, 0) is 0 Å². The standard InChI is InChI=1S/C28H32N4OS/c1-18-17-24(19(2)31(18)20-10-11-20)27-26(25-9-5-6-16-29-25)30-28(34)32(27)21-12-14-23(15-13-21)33-22-7-3-4-8-22/h5-6,9,12-17,20,22,26-27H,3-4,7-8,10-11H2,1-2H3,(H,30,34)/t26-,27+/m0/s1. The third-order valence-corrected chi connectivity index (χ3v) is 7.89. The SMILES string of the molecule is Cc1cc([C@@H]2[C@H](c3ccccn3)NC(=S)N2c2ccc(OC3CCCC3)cc2)c(C)n1C1CC1. The first-order valence-corrected chi connectivity index (χ1v) is 13.0. The summed E-state index contributed by atoms with van der Waals surface area (Å²) in [6, 6.07) is 17.6. The zero-order valence-electron chi connectivity index (χ0n) is 19.9. The lowest BCUT2D eigenvalue weighted by Gasteiger charge is -2.28. The molecule has 2 aromatic heterocycles. The summed E-state index contributed by atoms with van der Waals surface area (Å²) < 4.78 is 8.73. The highest BCUT2D eigenvalue weighted by molar-refractivity contribution is 7.80. The van der Waals surface area contributed by atoms with Gasteiger partial charge in [-0.3, -0.25) is 4.98 Å². The van der Waals surface area contributed by atoms with Gasteiger partial charge in [-0.1, -0.05) is 6.07 Å². The molecule has 0 unspecified atom stereocenters. The summed E-state index contributed by atoms with van der Waals surface area (Å²) in [4.78, 5) is 6.97. The van der Waals surface area contributed by atoms with Gasteiger partial charge in [0.1, 0.15) is 5.75 Å². The Labute approximate surface area is 207 Å². The first kappa shape index (κ1) is 21.7. The number of aromatic nitrogens is 2. The smallest absolute Gasteiger partial charge is 0.174 e. The fourth-order valence-corrected chi connectivity index (χ4v) is 6.18. The predicted octanol–water partition coefficient (Wildman–Crippen LogP) is 6.33. The molecule has 2 saturated carbocycles. The Kier molecular flexibility index (Phi) is 5.56. The zero-order valence-corrected chi connectivity index (χ0v) is 20.7. The number of thiocarbonyl (C=S) groups is 1. The monoisotopic (exact) mass is 472 g/mol. The molecule has 0 bridgehead atoms. The molecule has 3 fully saturated rings. The van der Waals surface area contributed by atoms with Crippen LogP contribution in [-0.4, -0.2) is 20.8 Å². The normalized spacial score (nSPS) is 22.9. The third kappa shape index (κ3) is 3.88. The summed E-state index contributed by atoms with van der Waals surface area (Å²) in [5, 5.41) is 4.33. The molecule has 2 aliphatic carbocycles. The summed E-state index contributed by atoms with van der Waals surface area (Å²) in [6.07, 6.45) is 9.62. The lowest BCUT2D eigenvalue weighted by Crippen LogP contribution is -2.29. The van der Waals surface area contributed by atoms with Gasteiger partial charge in [0.15, 0.2) is 5.11 Å². The van der Waals surface area contributed by atoms with E-state index in [2.05, 4.69) is 71.1 Å². The second kappa shape index (κ2) is 8.73. The number of anilines is 1. The number of benzene rings is 1. The van der Waals surface area contributed by atoms with Crippen LogP contribution in [0.15, 0.2) is 54.7 Å². The van der Waals surface area contributed by atoms with Crippen LogP contribution in [0.3, 0.4) is 0 Å². The lowest BCUT2D eigenvalue weighted by molar-refractivity contribution is 0.210. The van der Waals surface area contributed by atoms with Crippen molar-refractivity contribution < 1.29 is 4.74 Å². The minimum Gasteiger partial charge on any atom is -0.490 e. The van der Waals surface area contributed by atoms with E-state index in [4.69, 9.17) is 21.9 Å². The Morgan fingerprint density at radius 2 is 1.76 bits per heavy atom. The quantitative estimate of drug-likeness (QED) is 0.425. The number of rotatable bonds is 6. The molecule has 1 aromatic carbocycles. The van der Waals surface area contributed by atoms with Crippen LogP contribution in [0.5, 0.6) is 5.75 Å². The Morgan fingerprint density at radius 3 is 2.44 bits per heavy atom. The van der Waals surface area contributed by atoms with E-state index in [9.17, 15) is 0 Å². The summed E-state index contributed by atoms with van der Waals surface area (Å²) in [5.41, 5.74) is 6.07. The van der Waals surface area contributed by atoms with E-state index in [1.54, 1.807) is 0 Å². The molecule has 3 heterocycles. The summed E-state index contributed by atoms with van der Waals surface area (Å²) >= 11 is 5.92. The van der Waals surface area contributed by atoms with E-state index < -0.39 is 0 Å². The third-order valence-electron chi connectivity index (χ3n) is 7.57. The molecule has 3 aliphatic rings. The lowest BCUT2D eigenvalue weighted by atomic mass is 9.96. The van der Waals surface area contributed by atoms with Crippen LogP contribution < -0.4 is 15.0 Å². The molecule has 1 aliphatic heterocycles. The number of hydrogen-bond acceptors (Lipinski definition) is 3. The molecule has 2 atom stereocenters. The van der Waals surface area contributed by atoms with Crippen molar-refractivity contribution in [2.45, 2.75) is 76.6 Å². The van der Waals surface area contributed by atoms with Crippen LogP contribution in [0.2, 0.25) is 0 Å². The highest BCUT2D eigenvalue weighted by atomic mass is 32.1. The van der Waals surface area contributed by atoms with Crippen molar-refractivity contribution in [1.29, 1.82) is 0 Å². The van der Waals surface area contributed by atoms with Crippen molar-refractivity contribution in [2.75, 3.05) is 4.90 Å². The summed E-state index contributed by atoms with van der Waals surface area (Å²) in [6.45, 7) is 4.49. The van der Waals surface area contributed by atoms with E-state index in [-0.39, 0.29) is 12.1 Å². The van der Waals surface area contributed by atoms with Gasteiger partial charge in [0.05, 0.1) is 23.9 Å². The number of hydrogen-bond donors (Lipinski definition) is 1. The number of nitrogens with one attached hydrogen (secondary N) is 1. The Bertz CT molecular complexity index is 1180. The minimum absolute atomic E-state index is 0.0173. The molecule has 0 amide bonds. The van der Waals surface area contributed by atoms with Crippen molar-refractivity contribution in [3.63, 3.8) is 0 Å². The molecule has 6 rings (SSSR count). The molecule has 5 nitrogen and oxygen atoms in total. The maximum atomic E-state index is 6.21.